The largest absolute Gasteiger partial charge is 0.505 e. The summed E-state index contributed by atoms with van der Waals surface area (Å²) in [5.74, 6) is -4.60. The van der Waals surface area contributed by atoms with E-state index >= 15 is 0 Å². The quantitative estimate of drug-likeness (QED) is 0.608. The van der Waals surface area contributed by atoms with Gasteiger partial charge in [-0.3, -0.25) is 14.4 Å². The molecule has 3 N–H and O–H groups in total. The second-order valence-corrected chi connectivity index (χ2v) is 7.29. The molecule has 0 aliphatic heterocycles. The fourth-order valence-electron chi connectivity index (χ4n) is 3.67. The van der Waals surface area contributed by atoms with Gasteiger partial charge in [-0.2, -0.15) is 0 Å². The number of H-pyrrole nitrogens is 1. The summed E-state index contributed by atoms with van der Waals surface area (Å²) in [7, 11) is 2.62. The van der Waals surface area contributed by atoms with E-state index in [1.165, 1.54) is 20.3 Å². The number of phenolic OH excluding ortho intramolecular Hbond substituents is 1. The number of aromatic hydroxyl groups is 1. The van der Waals surface area contributed by atoms with Crippen molar-refractivity contribution in [3.05, 3.63) is 49.9 Å². The first kappa shape index (κ1) is 21.4. The second-order valence-electron chi connectivity index (χ2n) is 6.91. The number of methoxy groups -OCH3 is 2. The third kappa shape index (κ3) is 3.30. The molecule has 1 aromatic heterocycles. The Labute approximate surface area is 175 Å². The van der Waals surface area contributed by atoms with Crippen molar-refractivity contribution in [2.24, 2.45) is 5.92 Å². The van der Waals surface area contributed by atoms with Gasteiger partial charge in [-0.15, -0.1) is 0 Å². The van der Waals surface area contributed by atoms with Gasteiger partial charge in [0.15, 0.2) is 17.3 Å². The molecule has 2 atom stereocenters. The maximum absolute atomic E-state index is 13.5. The summed E-state index contributed by atoms with van der Waals surface area (Å²) >= 11 is 6.09. The van der Waals surface area contributed by atoms with Crippen molar-refractivity contribution in [3.63, 3.8) is 0 Å². The molecule has 2 unspecified atom stereocenters. The molecule has 0 radical (unpaired) electrons. The van der Waals surface area contributed by atoms with Crippen molar-refractivity contribution >= 4 is 29.1 Å². The lowest BCUT2D eigenvalue weighted by molar-refractivity contribution is 0.0694. The Kier molecular flexibility index (Phi) is 5.58. The van der Waals surface area contributed by atoms with Gasteiger partial charge in [0.1, 0.15) is 27.6 Å². The van der Waals surface area contributed by atoms with Crippen molar-refractivity contribution in [3.8, 4) is 17.2 Å². The number of hydrogen-bond acceptors (Lipinski definition) is 7. The molecule has 3 rings (SSSR count). The highest BCUT2D eigenvalue weighted by molar-refractivity contribution is 6.34. The number of carboxylic acids is 1. The average molecular weight is 436 g/mol. The number of aromatic amines is 1. The lowest BCUT2D eigenvalue weighted by Gasteiger charge is -2.29. The number of aromatic nitrogens is 1. The van der Waals surface area contributed by atoms with Gasteiger partial charge in [0.05, 0.1) is 20.1 Å². The van der Waals surface area contributed by atoms with Gasteiger partial charge < -0.3 is 24.7 Å². The van der Waals surface area contributed by atoms with Crippen LogP contribution < -0.4 is 15.0 Å². The maximum Gasteiger partial charge on any atom is 0.341 e. The van der Waals surface area contributed by atoms with Gasteiger partial charge in [0.25, 0.3) is 5.56 Å². The Balaban J connectivity index is 2.24. The molecule has 0 bridgehead atoms. The van der Waals surface area contributed by atoms with Crippen LogP contribution in [-0.4, -0.2) is 47.0 Å². The Hall–Kier alpha value is -3.33. The number of carbonyl (C=O) groups is 3. The first-order valence-corrected chi connectivity index (χ1v) is 9.21. The number of phenols is 1. The average Bonchev–Trinajstić information content (AvgIpc) is 2.68. The SMILES string of the molecule is COc1cc(OC)c(C(=O)C2c3[nH]c(=O)c(C(=O)O)cc3C(=O)CC2C)c(O)c1Cl. The van der Waals surface area contributed by atoms with Crippen molar-refractivity contribution in [1.82, 2.24) is 4.98 Å². The lowest BCUT2D eigenvalue weighted by atomic mass is 9.74. The Morgan fingerprint density at radius 2 is 1.80 bits per heavy atom. The summed E-state index contributed by atoms with van der Waals surface area (Å²) in [6.45, 7) is 1.64. The summed E-state index contributed by atoms with van der Waals surface area (Å²) in [5, 5.41) is 19.5. The van der Waals surface area contributed by atoms with E-state index in [-0.39, 0.29) is 39.8 Å². The number of nitrogens with one attached hydrogen (secondary N) is 1. The van der Waals surface area contributed by atoms with Gasteiger partial charge in [-0.1, -0.05) is 18.5 Å². The van der Waals surface area contributed by atoms with Crippen LogP contribution in [0.4, 0.5) is 0 Å². The minimum atomic E-state index is -1.49. The molecule has 0 spiro atoms. The van der Waals surface area contributed by atoms with Crippen LogP contribution >= 0.6 is 11.6 Å². The zero-order chi connectivity index (χ0) is 22.3. The van der Waals surface area contributed by atoms with Crippen LogP contribution in [0.15, 0.2) is 16.9 Å². The number of halogens is 1. The summed E-state index contributed by atoms with van der Waals surface area (Å²) in [6.07, 6.45) is -0.0541. The standard InChI is InChI=1S/C20H18ClNO8/c1-7-4-10(23)8-5-9(20(27)28)19(26)22-16(8)13(7)17(24)14-11(29-2)6-12(30-3)15(21)18(14)25/h5-7,13,25H,4H2,1-3H3,(H,22,26)(H,27,28). The fraction of sp³-hybridized carbons (Fsp3) is 0.300. The van der Waals surface area contributed by atoms with Gasteiger partial charge in [0.2, 0.25) is 0 Å². The number of aromatic carboxylic acids is 1. The maximum atomic E-state index is 13.5. The smallest absolute Gasteiger partial charge is 0.341 e. The molecule has 0 saturated heterocycles. The zero-order valence-electron chi connectivity index (χ0n) is 16.2. The topological polar surface area (TPSA) is 143 Å². The van der Waals surface area contributed by atoms with Crippen LogP contribution in [-0.2, 0) is 0 Å². The number of fused-ring (bicyclic) bond motifs is 1. The summed E-state index contributed by atoms with van der Waals surface area (Å²) in [5.41, 5.74) is -1.84. The molecule has 1 heterocycles. The Bertz CT molecular complexity index is 1140. The van der Waals surface area contributed by atoms with E-state index in [1.807, 2.05) is 0 Å². The normalized spacial score (nSPS) is 17.9. The Morgan fingerprint density at radius 1 is 1.17 bits per heavy atom. The van der Waals surface area contributed by atoms with Gasteiger partial charge in [0, 0.05) is 23.7 Å². The van der Waals surface area contributed by atoms with E-state index < -0.39 is 46.2 Å². The number of benzene rings is 1. The molecule has 2 aromatic rings. The van der Waals surface area contributed by atoms with Crippen LogP contribution in [0.5, 0.6) is 17.2 Å². The fourth-order valence-corrected chi connectivity index (χ4v) is 3.90. The summed E-state index contributed by atoms with van der Waals surface area (Å²) in [4.78, 5) is 51.8. The van der Waals surface area contributed by atoms with Crippen LogP contribution in [0.25, 0.3) is 0 Å². The molecular weight excluding hydrogens is 418 g/mol. The molecule has 9 nitrogen and oxygen atoms in total. The predicted molar refractivity (Wildman–Crippen MR) is 105 cm³/mol. The van der Waals surface area contributed by atoms with Crippen LogP contribution in [0.1, 0.15) is 56.0 Å². The van der Waals surface area contributed by atoms with Crippen LogP contribution in [0.3, 0.4) is 0 Å². The van der Waals surface area contributed by atoms with Gasteiger partial charge in [-0.05, 0) is 12.0 Å². The van der Waals surface area contributed by atoms with E-state index in [1.54, 1.807) is 6.92 Å². The molecule has 0 saturated carbocycles. The molecule has 0 amide bonds. The number of carboxylic acid groups (broad SMARTS) is 1. The van der Waals surface area contributed by atoms with E-state index in [2.05, 4.69) is 4.98 Å². The number of ketones is 2. The molecule has 30 heavy (non-hydrogen) atoms. The zero-order valence-corrected chi connectivity index (χ0v) is 17.0. The first-order chi connectivity index (χ1) is 14.1. The second kappa shape index (κ2) is 7.83. The number of Topliss-reactive ketones (excluding diaryl/α,β-unsaturated/α-hetero) is 2. The van der Waals surface area contributed by atoms with Gasteiger partial charge in [-0.25, -0.2) is 4.79 Å². The van der Waals surface area contributed by atoms with Crippen molar-refractivity contribution < 1.29 is 34.1 Å². The summed E-state index contributed by atoms with van der Waals surface area (Å²) in [6, 6.07) is 2.31. The van der Waals surface area contributed by atoms with Crippen molar-refractivity contribution in [1.29, 1.82) is 0 Å². The Morgan fingerprint density at radius 3 is 2.37 bits per heavy atom. The predicted octanol–water partition coefficient (Wildman–Crippen LogP) is 2.64. The highest BCUT2D eigenvalue weighted by Gasteiger charge is 2.40. The molecule has 158 valence electrons. The van der Waals surface area contributed by atoms with Crippen molar-refractivity contribution in [2.45, 2.75) is 19.3 Å². The van der Waals surface area contributed by atoms with E-state index in [0.29, 0.717) is 0 Å². The molecule has 1 aliphatic rings. The van der Waals surface area contributed by atoms with E-state index in [0.717, 1.165) is 6.07 Å². The van der Waals surface area contributed by atoms with Crippen LogP contribution in [0, 0.1) is 5.92 Å². The number of pyridine rings is 1. The molecule has 10 heteroatoms. The lowest BCUT2D eigenvalue weighted by Crippen LogP contribution is -2.34. The molecule has 0 fully saturated rings. The van der Waals surface area contributed by atoms with Crippen LogP contribution in [0.2, 0.25) is 5.02 Å². The van der Waals surface area contributed by atoms with E-state index in [9.17, 15) is 24.3 Å². The minimum absolute atomic E-state index is 0.00565. The molecule has 1 aliphatic carbocycles. The highest BCUT2D eigenvalue weighted by Crippen LogP contribution is 2.46. The molecule has 1 aromatic carbocycles. The minimum Gasteiger partial charge on any atom is -0.505 e. The number of ether oxygens (including phenoxy) is 2. The monoisotopic (exact) mass is 435 g/mol. The van der Waals surface area contributed by atoms with Crippen molar-refractivity contribution in [2.75, 3.05) is 14.2 Å². The molecular formula is C20H18ClNO8. The number of rotatable bonds is 5. The summed E-state index contributed by atoms with van der Waals surface area (Å²) < 4.78 is 10.3. The number of hydrogen-bond donors (Lipinski definition) is 3. The third-order valence-electron chi connectivity index (χ3n) is 5.13. The first-order valence-electron chi connectivity index (χ1n) is 8.83. The highest BCUT2D eigenvalue weighted by atomic mass is 35.5. The third-order valence-corrected chi connectivity index (χ3v) is 5.49. The van der Waals surface area contributed by atoms with E-state index in [4.69, 9.17) is 26.2 Å². The number of carbonyl (C=O) groups excluding carboxylic acids is 2. The van der Waals surface area contributed by atoms with Gasteiger partial charge >= 0.3 is 5.97 Å².